The van der Waals surface area contributed by atoms with E-state index in [2.05, 4.69) is 21.6 Å². The smallest absolute Gasteiger partial charge is 0.159 e. The highest BCUT2D eigenvalue weighted by Crippen LogP contribution is 2.24. The lowest BCUT2D eigenvalue weighted by Crippen LogP contribution is -2.09. The molecule has 2 heterocycles. The van der Waals surface area contributed by atoms with E-state index in [1.165, 1.54) is 0 Å². The number of benzene rings is 1. The van der Waals surface area contributed by atoms with Crippen molar-refractivity contribution in [1.82, 2.24) is 19.3 Å². The molecule has 0 amide bonds. The number of alkyl halides is 1. The molecule has 3 aromatic rings. The Kier molecular flexibility index (Phi) is 3.91. The maximum Gasteiger partial charge on any atom is 0.159 e. The van der Waals surface area contributed by atoms with E-state index in [1.54, 1.807) is 0 Å². The average molecular weight is 323 g/mol. The van der Waals surface area contributed by atoms with E-state index in [9.17, 15) is 0 Å². The van der Waals surface area contributed by atoms with Gasteiger partial charge < -0.3 is 4.57 Å². The van der Waals surface area contributed by atoms with Crippen molar-refractivity contribution in [2.75, 3.05) is 0 Å². The molecule has 0 saturated carbocycles. The Morgan fingerprint density at radius 3 is 2.67 bits per heavy atom. The number of nitrogens with zero attached hydrogens (tertiary/aromatic N) is 4. The third-order valence-electron chi connectivity index (χ3n) is 3.58. The number of fused-ring (bicyclic) bond motifs is 1. The van der Waals surface area contributed by atoms with Gasteiger partial charge in [-0.05, 0) is 25.5 Å². The molecular formula is C15H16Cl2N4. The van der Waals surface area contributed by atoms with Gasteiger partial charge in [-0.15, -0.1) is 11.6 Å². The first-order chi connectivity index (χ1) is 10.2. The summed E-state index contributed by atoms with van der Waals surface area (Å²) in [5.74, 6) is 1.21. The number of imidazole rings is 1. The van der Waals surface area contributed by atoms with Crippen molar-refractivity contribution in [2.24, 2.45) is 0 Å². The summed E-state index contributed by atoms with van der Waals surface area (Å²) in [6, 6.07) is 7.83. The monoisotopic (exact) mass is 322 g/mol. The Balaban J connectivity index is 2.18. The Hall–Kier alpha value is -1.52. The van der Waals surface area contributed by atoms with Gasteiger partial charge in [-0.1, -0.05) is 29.8 Å². The second-order valence-electron chi connectivity index (χ2n) is 4.91. The lowest BCUT2D eigenvalue weighted by Gasteiger charge is -2.10. The van der Waals surface area contributed by atoms with E-state index in [0.29, 0.717) is 12.4 Å². The molecule has 0 unspecified atom stereocenters. The van der Waals surface area contributed by atoms with E-state index in [4.69, 9.17) is 23.2 Å². The van der Waals surface area contributed by atoms with Crippen molar-refractivity contribution >= 4 is 34.4 Å². The van der Waals surface area contributed by atoms with Crippen LogP contribution in [0.4, 0.5) is 0 Å². The minimum absolute atomic E-state index is 0.363. The molecule has 3 rings (SSSR count). The second kappa shape index (κ2) is 5.70. The molecule has 110 valence electrons. The van der Waals surface area contributed by atoms with E-state index in [1.807, 2.05) is 35.9 Å². The quantitative estimate of drug-likeness (QED) is 0.680. The van der Waals surface area contributed by atoms with Crippen LogP contribution in [-0.2, 0) is 19.0 Å². The van der Waals surface area contributed by atoms with Gasteiger partial charge in [0.05, 0.1) is 18.1 Å². The molecule has 21 heavy (non-hydrogen) atoms. The van der Waals surface area contributed by atoms with Gasteiger partial charge in [0.25, 0.3) is 0 Å². The number of halogens is 2. The molecule has 0 aliphatic heterocycles. The average Bonchev–Trinajstić information content (AvgIpc) is 3.00. The third kappa shape index (κ3) is 2.43. The van der Waals surface area contributed by atoms with Crippen LogP contribution < -0.4 is 0 Å². The first kappa shape index (κ1) is 14.4. The molecule has 2 aromatic heterocycles. The van der Waals surface area contributed by atoms with Gasteiger partial charge in [0.15, 0.2) is 5.65 Å². The molecule has 4 nitrogen and oxygen atoms in total. The van der Waals surface area contributed by atoms with Crippen molar-refractivity contribution in [2.45, 2.75) is 32.8 Å². The normalized spacial score (nSPS) is 11.4. The Labute approximate surface area is 133 Å². The number of rotatable bonds is 4. The molecule has 0 aliphatic carbocycles. The fourth-order valence-corrected chi connectivity index (χ4v) is 2.95. The van der Waals surface area contributed by atoms with Crippen LogP contribution >= 0.6 is 23.2 Å². The highest BCUT2D eigenvalue weighted by Gasteiger charge is 2.18. The number of aromatic nitrogens is 4. The molecule has 0 fully saturated rings. The molecular weight excluding hydrogens is 307 g/mol. The lowest BCUT2D eigenvalue weighted by molar-refractivity contribution is 0.639. The summed E-state index contributed by atoms with van der Waals surface area (Å²) in [7, 11) is 0. The molecule has 0 bridgehead atoms. The SMILES string of the molecule is CCn1nc(C)c2nc(CCl)n(Cc3ccccc3Cl)c21. The van der Waals surface area contributed by atoms with Crippen LogP contribution in [0.2, 0.25) is 5.02 Å². The second-order valence-corrected chi connectivity index (χ2v) is 5.59. The molecule has 1 aromatic carbocycles. The van der Waals surface area contributed by atoms with Crippen LogP contribution in [0.3, 0.4) is 0 Å². The molecule has 6 heteroatoms. The molecule has 0 aliphatic rings. The fourth-order valence-electron chi connectivity index (χ4n) is 2.56. The zero-order valence-electron chi connectivity index (χ0n) is 12.0. The van der Waals surface area contributed by atoms with Crippen molar-refractivity contribution in [3.63, 3.8) is 0 Å². The molecule has 0 N–H and O–H groups in total. The van der Waals surface area contributed by atoms with E-state index < -0.39 is 0 Å². The number of hydrogen-bond acceptors (Lipinski definition) is 2. The van der Waals surface area contributed by atoms with Gasteiger partial charge in [-0.3, -0.25) is 0 Å². The first-order valence-corrected chi connectivity index (χ1v) is 7.78. The van der Waals surface area contributed by atoms with E-state index in [-0.39, 0.29) is 0 Å². The largest absolute Gasteiger partial charge is 0.307 e. The number of aryl methyl sites for hydroxylation is 2. The highest BCUT2D eigenvalue weighted by atomic mass is 35.5. The summed E-state index contributed by atoms with van der Waals surface area (Å²) in [6.45, 7) is 5.47. The zero-order chi connectivity index (χ0) is 15.0. The predicted octanol–water partition coefficient (Wildman–Crippen LogP) is 4.00. The molecule has 0 spiro atoms. The van der Waals surface area contributed by atoms with Gasteiger partial charge in [0.1, 0.15) is 11.3 Å². The van der Waals surface area contributed by atoms with Crippen LogP contribution in [-0.4, -0.2) is 19.3 Å². The van der Waals surface area contributed by atoms with Crippen molar-refractivity contribution < 1.29 is 0 Å². The minimum atomic E-state index is 0.363. The summed E-state index contributed by atoms with van der Waals surface area (Å²) in [5.41, 5.74) is 3.90. The fraction of sp³-hybridized carbons (Fsp3) is 0.333. The van der Waals surface area contributed by atoms with Crippen LogP contribution in [0.15, 0.2) is 24.3 Å². The maximum atomic E-state index is 6.28. The summed E-state index contributed by atoms with van der Waals surface area (Å²) in [5, 5.41) is 5.27. The summed E-state index contributed by atoms with van der Waals surface area (Å²) >= 11 is 12.3. The van der Waals surface area contributed by atoms with Crippen LogP contribution in [0.25, 0.3) is 11.2 Å². The topological polar surface area (TPSA) is 35.6 Å². The van der Waals surface area contributed by atoms with E-state index >= 15 is 0 Å². The lowest BCUT2D eigenvalue weighted by atomic mass is 10.2. The first-order valence-electron chi connectivity index (χ1n) is 6.87. The van der Waals surface area contributed by atoms with Crippen molar-refractivity contribution in [3.05, 3.63) is 46.4 Å². The third-order valence-corrected chi connectivity index (χ3v) is 4.19. The van der Waals surface area contributed by atoms with Crippen LogP contribution in [0.5, 0.6) is 0 Å². The van der Waals surface area contributed by atoms with Gasteiger partial charge in [-0.25, -0.2) is 9.67 Å². The van der Waals surface area contributed by atoms with E-state index in [0.717, 1.165) is 39.8 Å². The summed E-state index contributed by atoms with van der Waals surface area (Å²) in [4.78, 5) is 4.63. The Morgan fingerprint density at radius 2 is 2.00 bits per heavy atom. The summed E-state index contributed by atoms with van der Waals surface area (Å²) < 4.78 is 4.07. The molecule has 0 saturated heterocycles. The highest BCUT2D eigenvalue weighted by molar-refractivity contribution is 6.31. The van der Waals surface area contributed by atoms with Gasteiger partial charge >= 0.3 is 0 Å². The van der Waals surface area contributed by atoms with Crippen molar-refractivity contribution in [1.29, 1.82) is 0 Å². The van der Waals surface area contributed by atoms with Gasteiger partial charge in [0.2, 0.25) is 0 Å². The van der Waals surface area contributed by atoms with Crippen LogP contribution in [0, 0.1) is 6.92 Å². The van der Waals surface area contributed by atoms with Gasteiger partial charge in [0, 0.05) is 11.6 Å². The zero-order valence-corrected chi connectivity index (χ0v) is 13.5. The molecule has 0 radical (unpaired) electrons. The maximum absolute atomic E-state index is 6.28. The minimum Gasteiger partial charge on any atom is -0.307 e. The Bertz CT molecular complexity index is 788. The number of hydrogen-bond donors (Lipinski definition) is 0. The van der Waals surface area contributed by atoms with Crippen molar-refractivity contribution in [3.8, 4) is 0 Å². The standard InChI is InChI=1S/C15H16Cl2N4/c1-3-21-15-14(10(2)19-21)18-13(8-16)20(15)9-11-6-4-5-7-12(11)17/h4-7H,3,8-9H2,1-2H3. The summed E-state index contributed by atoms with van der Waals surface area (Å²) in [6.07, 6.45) is 0. The molecule has 0 atom stereocenters. The van der Waals surface area contributed by atoms with Gasteiger partial charge in [-0.2, -0.15) is 5.10 Å². The predicted molar refractivity (Wildman–Crippen MR) is 86.0 cm³/mol. The Morgan fingerprint density at radius 1 is 1.24 bits per heavy atom. The van der Waals surface area contributed by atoms with Crippen LogP contribution in [0.1, 0.15) is 24.0 Å².